The van der Waals surface area contributed by atoms with Gasteiger partial charge in [-0.1, -0.05) is 0 Å². The predicted octanol–water partition coefficient (Wildman–Crippen LogP) is 1.24. The Labute approximate surface area is 106 Å². The van der Waals surface area contributed by atoms with Crippen molar-refractivity contribution in [1.82, 2.24) is 9.97 Å². The summed E-state index contributed by atoms with van der Waals surface area (Å²) in [6.45, 7) is 3.57. The van der Waals surface area contributed by atoms with Gasteiger partial charge in [0.05, 0.1) is 19.5 Å². The zero-order valence-electron chi connectivity index (χ0n) is 10.6. The first-order chi connectivity index (χ1) is 8.63. The molecular formula is C12H17N3O3. The van der Waals surface area contributed by atoms with Gasteiger partial charge in [-0.25, -0.2) is 9.78 Å². The maximum atomic E-state index is 11.4. The molecule has 1 aliphatic heterocycles. The van der Waals surface area contributed by atoms with Crippen LogP contribution in [0.25, 0.3) is 0 Å². The van der Waals surface area contributed by atoms with Gasteiger partial charge in [-0.2, -0.15) is 0 Å². The first-order valence-corrected chi connectivity index (χ1v) is 5.89. The van der Waals surface area contributed by atoms with Crippen molar-refractivity contribution in [2.45, 2.75) is 25.3 Å². The fraction of sp³-hybridized carbons (Fsp3) is 0.583. The standard InChI is InChI=1S/C12H17N3O3/c1-12(3-5-18-6-4-12)15-10-8-13-7-9(14-10)11(16)17-2/h7-8H,3-6H2,1-2H3,(H,14,15). The number of hydrogen-bond donors (Lipinski definition) is 1. The van der Waals surface area contributed by atoms with Crippen LogP contribution in [0.15, 0.2) is 12.4 Å². The van der Waals surface area contributed by atoms with E-state index in [-0.39, 0.29) is 11.2 Å². The monoisotopic (exact) mass is 251 g/mol. The van der Waals surface area contributed by atoms with Crippen molar-refractivity contribution in [3.05, 3.63) is 18.1 Å². The van der Waals surface area contributed by atoms with Crippen LogP contribution in [0, 0.1) is 0 Å². The van der Waals surface area contributed by atoms with E-state index in [1.54, 1.807) is 6.20 Å². The van der Waals surface area contributed by atoms with Crippen LogP contribution < -0.4 is 5.32 Å². The fourth-order valence-electron chi connectivity index (χ4n) is 1.89. The highest BCUT2D eigenvalue weighted by Gasteiger charge is 2.27. The molecule has 98 valence electrons. The molecule has 0 radical (unpaired) electrons. The second kappa shape index (κ2) is 5.30. The van der Waals surface area contributed by atoms with Crippen molar-refractivity contribution in [2.24, 2.45) is 0 Å². The Balaban J connectivity index is 2.11. The summed E-state index contributed by atoms with van der Waals surface area (Å²) in [5, 5.41) is 3.32. The molecule has 0 atom stereocenters. The molecule has 6 nitrogen and oxygen atoms in total. The van der Waals surface area contributed by atoms with Crippen molar-refractivity contribution in [3.63, 3.8) is 0 Å². The first kappa shape index (κ1) is 12.8. The normalized spacial score (nSPS) is 18.1. The number of aromatic nitrogens is 2. The molecule has 18 heavy (non-hydrogen) atoms. The third-order valence-electron chi connectivity index (χ3n) is 3.06. The number of ether oxygens (including phenoxy) is 2. The Morgan fingerprint density at radius 1 is 1.44 bits per heavy atom. The molecule has 6 heteroatoms. The predicted molar refractivity (Wildman–Crippen MR) is 65.5 cm³/mol. The lowest BCUT2D eigenvalue weighted by Gasteiger charge is -2.34. The lowest BCUT2D eigenvalue weighted by atomic mass is 9.92. The highest BCUT2D eigenvalue weighted by Crippen LogP contribution is 2.24. The molecule has 0 aromatic carbocycles. The smallest absolute Gasteiger partial charge is 0.358 e. The Morgan fingerprint density at radius 3 is 2.83 bits per heavy atom. The molecule has 1 aromatic rings. The molecular weight excluding hydrogens is 234 g/mol. The number of esters is 1. The Morgan fingerprint density at radius 2 is 2.17 bits per heavy atom. The van der Waals surface area contributed by atoms with E-state index in [1.165, 1.54) is 13.3 Å². The molecule has 2 rings (SSSR count). The zero-order valence-corrected chi connectivity index (χ0v) is 10.6. The van der Waals surface area contributed by atoms with Gasteiger partial charge in [0.2, 0.25) is 0 Å². The molecule has 1 aliphatic rings. The van der Waals surface area contributed by atoms with Gasteiger partial charge in [-0.3, -0.25) is 4.98 Å². The van der Waals surface area contributed by atoms with Crippen LogP contribution in [0.5, 0.6) is 0 Å². The van der Waals surface area contributed by atoms with Gasteiger partial charge in [-0.05, 0) is 19.8 Å². The molecule has 1 aromatic heterocycles. The molecule has 0 aliphatic carbocycles. The average molecular weight is 251 g/mol. The van der Waals surface area contributed by atoms with Crippen LogP contribution in [0.4, 0.5) is 5.82 Å². The molecule has 0 saturated carbocycles. The van der Waals surface area contributed by atoms with Gasteiger partial charge in [0.1, 0.15) is 5.82 Å². The van der Waals surface area contributed by atoms with Gasteiger partial charge in [-0.15, -0.1) is 0 Å². The van der Waals surface area contributed by atoms with Crippen molar-refractivity contribution in [2.75, 3.05) is 25.6 Å². The number of carbonyl (C=O) groups is 1. The number of carbonyl (C=O) groups excluding carboxylic acids is 1. The summed E-state index contributed by atoms with van der Waals surface area (Å²) in [6, 6.07) is 0. The molecule has 2 heterocycles. The minimum Gasteiger partial charge on any atom is -0.464 e. The van der Waals surface area contributed by atoms with Crippen LogP contribution >= 0.6 is 0 Å². The highest BCUT2D eigenvalue weighted by atomic mass is 16.5. The summed E-state index contributed by atoms with van der Waals surface area (Å²) < 4.78 is 9.95. The van der Waals surface area contributed by atoms with Crippen LogP contribution in [0.3, 0.4) is 0 Å². The Hall–Kier alpha value is -1.69. The van der Waals surface area contributed by atoms with E-state index in [2.05, 4.69) is 26.9 Å². The molecule has 1 saturated heterocycles. The average Bonchev–Trinajstić information content (AvgIpc) is 2.38. The summed E-state index contributed by atoms with van der Waals surface area (Å²) >= 11 is 0. The van der Waals surface area contributed by atoms with E-state index in [4.69, 9.17) is 4.74 Å². The third kappa shape index (κ3) is 2.95. The number of nitrogens with one attached hydrogen (secondary N) is 1. The van der Waals surface area contributed by atoms with E-state index in [1.807, 2.05) is 0 Å². The second-order valence-corrected chi connectivity index (χ2v) is 4.58. The van der Waals surface area contributed by atoms with Crippen LogP contribution in [-0.2, 0) is 9.47 Å². The number of anilines is 1. The van der Waals surface area contributed by atoms with Gasteiger partial charge >= 0.3 is 5.97 Å². The van der Waals surface area contributed by atoms with Crippen LogP contribution in [0.2, 0.25) is 0 Å². The van der Waals surface area contributed by atoms with Gasteiger partial charge < -0.3 is 14.8 Å². The lowest BCUT2D eigenvalue weighted by molar-refractivity contribution is 0.0591. The number of nitrogens with zero attached hydrogens (tertiary/aromatic N) is 2. The minimum absolute atomic E-state index is 0.0678. The van der Waals surface area contributed by atoms with Crippen molar-refractivity contribution >= 4 is 11.8 Å². The van der Waals surface area contributed by atoms with Crippen molar-refractivity contribution in [3.8, 4) is 0 Å². The topological polar surface area (TPSA) is 73.3 Å². The van der Waals surface area contributed by atoms with E-state index in [0.29, 0.717) is 5.82 Å². The van der Waals surface area contributed by atoms with E-state index >= 15 is 0 Å². The van der Waals surface area contributed by atoms with E-state index in [0.717, 1.165) is 26.1 Å². The minimum atomic E-state index is -0.483. The van der Waals surface area contributed by atoms with Crippen molar-refractivity contribution in [1.29, 1.82) is 0 Å². The lowest BCUT2D eigenvalue weighted by Crippen LogP contribution is -2.41. The second-order valence-electron chi connectivity index (χ2n) is 4.58. The summed E-state index contributed by atoms with van der Waals surface area (Å²) in [5.74, 6) is 0.102. The highest BCUT2D eigenvalue weighted by molar-refractivity contribution is 5.87. The van der Waals surface area contributed by atoms with Gasteiger partial charge in [0, 0.05) is 18.8 Å². The summed E-state index contributed by atoms with van der Waals surface area (Å²) in [6.07, 6.45) is 4.80. The van der Waals surface area contributed by atoms with E-state index in [9.17, 15) is 4.79 Å². The summed E-state index contributed by atoms with van der Waals surface area (Å²) in [7, 11) is 1.32. The number of hydrogen-bond acceptors (Lipinski definition) is 6. The maximum Gasteiger partial charge on any atom is 0.358 e. The quantitative estimate of drug-likeness (QED) is 0.815. The molecule has 1 N–H and O–H groups in total. The summed E-state index contributed by atoms with van der Waals surface area (Å²) in [5.41, 5.74) is 0.139. The molecule has 0 amide bonds. The largest absolute Gasteiger partial charge is 0.464 e. The fourth-order valence-corrected chi connectivity index (χ4v) is 1.89. The molecule has 0 spiro atoms. The Kier molecular flexibility index (Phi) is 3.76. The molecule has 1 fully saturated rings. The van der Waals surface area contributed by atoms with E-state index < -0.39 is 5.97 Å². The van der Waals surface area contributed by atoms with Gasteiger partial charge in [0.25, 0.3) is 0 Å². The zero-order chi connectivity index (χ0) is 13.0. The third-order valence-corrected chi connectivity index (χ3v) is 3.06. The molecule has 0 unspecified atom stereocenters. The molecule has 0 bridgehead atoms. The van der Waals surface area contributed by atoms with Crippen LogP contribution in [0.1, 0.15) is 30.3 Å². The SMILES string of the molecule is COC(=O)c1cncc(NC2(C)CCOCC2)n1. The number of methoxy groups -OCH3 is 1. The maximum absolute atomic E-state index is 11.4. The van der Waals surface area contributed by atoms with Gasteiger partial charge in [0.15, 0.2) is 5.69 Å². The van der Waals surface area contributed by atoms with Crippen LogP contribution in [-0.4, -0.2) is 41.8 Å². The number of rotatable bonds is 3. The first-order valence-electron chi connectivity index (χ1n) is 5.89. The Bertz CT molecular complexity index is 430. The van der Waals surface area contributed by atoms with Crippen molar-refractivity contribution < 1.29 is 14.3 Å². The summed E-state index contributed by atoms with van der Waals surface area (Å²) in [4.78, 5) is 19.6.